The van der Waals surface area contributed by atoms with E-state index in [0.29, 0.717) is 56.5 Å². The molecule has 0 radical (unpaired) electrons. The second-order valence-corrected chi connectivity index (χ2v) is 7.93. The van der Waals surface area contributed by atoms with Crippen molar-refractivity contribution in [2.75, 3.05) is 46.1 Å². The van der Waals surface area contributed by atoms with Gasteiger partial charge in [0.1, 0.15) is 6.61 Å². The zero-order valence-corrected chi connectivity index (χ0v) is 17.6. The molecular formula is C23H25N3O6. The largest absolute Gasteiger partial charge is 0.485 e. The Balaban J connectivity index is 1.06. The third-order valence-corrected chi connectivity index (χ3v) is 5.76. The standard InChI is InChI=1S/C23H25N3O6/c27-22(24-12-16-5-6-18-20(11-16)31-15-30-18)13-25-7-9-26(10-8-25)23(28)21-14-29-17-3-1-2-4-19(17)32-21/h1-6,11,21H,7-10,12-15H2,(H,24,27)/t21-/m1/s1. The molecule has 1 N–H and O–H groups in total. The Morgan fingerprint density at radius 2 is 1.66 bits per heavy atom. The number of rotatable bonds is 5. The van der Waals surface area contributed by atoms with Gasteiger partial charge in [-0.25, -0.2) is 0 Å². The van der Waals surface area contributed by atoms with E-state index in [1.165, 1.54) is 0 Å². The zero-order valence-electron chi connectivity index (χ0n) is 17.6. The van der Waals surface area contributed by atoms with E-state index in [-0.39, 0.29) is 25.2 Å². The Kier molecular flexibility index (Phi) is 5.72. The van der Waals surface area contributed by atoms with Crippen LogP contribution < -0.4 is 24.3 Å². The first kappa shape index (κ1) is 20.4. The Morgan fingerprint density at radius 1 is 0.906 bits per heavy atom. The predicted molar refractivity (Wildman–Crippen MR) is 114 cm³/mol. The Labute approximate surface area is 185 Å². The van der Waals surface area contributed by atoms with Crippen molar-refractivity contribution < 1.29 is 28.5 Å². The van der Waals surface area contributed by atoms with Crippen molar-refractivity contribution >= 4 is 11.8 Å². The molecule has 2 aromatic rings. The van der Waals surface area contributed by atoms with Gasteiger partial charge in [0.2, 0.25) is 18.8 Å². The van der Waals surface area contributed by atoms with E-state index in [4.69, 9.17) is 18.9 Å². The van der Waals surface area contributed by atoms with Crippen LogP contribution in [0.15, 0.2) is 42.5 Å². The minimum absolute atomic E-state index is 0.0527. The van der Waals surface area contributed by atoms with E-state index in [9.17, 15) is 9.59 Å². The third-order valence-electron chi connectivity index (χ3n) is 5.76. The Hall–Kier alpha value is -3.46. The third kappa shape index (κ3) is 4.43. The number of hydrogen-bond donors (Lipinski definition) is 1. The van der Waals surface area contributed by atoms with Gasteiger partial charge in [0, 0.05) is 32.7 Å². The molecule has 32 heavy (non-hydrogen) atoms. The van der Waals surface area contributed by atoms with Crippen molar-refractivity contribution in [2.24, 2.45) is 0 Å². The molecule has 2 aromatic carbocycles. The first-order valence-corrected chi connectivity index (χ1v) is 10.7. The SMILES string of the molecule is O=C(CN1CCN(C(=O)[C@H]2COc3ccccc3O2)CC1)NCc1ccc2c(c1)OCO2. The highest BCUT2D eigenvalue weighted by Crippen LogP contribution is 2.33. The number of nitrogens with zero attached hydrogens (tertiary/aromatic N) is 2. The molecule has 3 aliphatic rings. The maximum absolute atomic E-state index is 12.8. The second kappa shape index (κ2) is 8.96. The number of fused-ring (bicyclic) bond motifs is 2. The molecule has 0 saturated carbocycles. The van der Waals surface area contributed by atoms with E-state index in [1.54, 1.807) is 11.0 Å². The lowest BCUT2D eigenvalue weighted by atomic mass is 10.2. The number of para-hydroxylation sites is 2. The molecule has 3 heterocycles. The molecule has 9 heteroatoms. The summed E-state index contributed by atoms with van der Waals surface area (Å²) in [4.78, 5) is 29.0. The van der Waals surface area contributed by atoms with Gasteiger partial charge in [-0.3, -0.25) is 14.5 Å². The van der Waals surface area contributed by atoms with E-state index in [2.05, 4.69) is 5.32 Å². The van der Waals surface area contributed by atoms with Crippen LogP contribution in [0.5, 0.6) is 23.0 Å². The van der Waals surface area contributed by atoms with Crippen LogP contribution in [-0.2, 0) is 16.1 Å². The molecule has 1 saturated heterocycles. The summed E-state index contributed by atoms with van der Waals surface area (Å²) in [5.41, 5.74) is 0.953. The second-order valence-electron chi connectivity index (χ2n) is 7.93. The number of carbonyl (C=O) groups excluding carboxylic acids is 2. The van der Waals surface area contributed by atoms with E-state index in [0.717, 1.165) is 11.3 Å². The summed E-state index contributed by atoms with van der Waals surface area (Å²) < 4.78 is 22.2. The Bertz CT molecular complexity index is 1000. The molecule has 0 unspecified atom stereocenters. The lowest BCUT2D eigenvalue weighted by Crippen LogP contribution is -2.55. The molecule has 168 valence electrons. The van der Waals surface area contributed by atoms with Crippen molar-refractivity contribution in [3.8, 4) is 23.0 Å². The zero-order chi connectivity index (χ0) is 21.9. The van der Waals surface area contributed by atoms with E-state index >= 15 is 0 Å². The predicted octanol–water partition coefficient (Wildman–Crippen LogP) is 1.02. The maximum Gasteiger partial charge on any atom is 0.267 e. The van der Waals surface area contributed by atoms with Crippen LogP contribution in [0.1, 0.15) is 5.56 Å². The number of nitrogens with one attached hydrogen (secondary N) is 1. The van der Waals surface area contributed by atoms with Crippen LogP contribution in [0.4, 0.5) is 0 Å². The van der Waals surface area contributed by atoms with Gasteiger partial charge in [-0.05, 0) is 29.8 Å². The maximum atomic E-state index is 12.8. The highest BCUT2D eigenvalue weighted by Gasteiger charge is 2.32. The van der Waals surface area contributed by atoms with Gasteiger partial charge in [0.05, 0.1) is 6.54 Å². The van der Waals surface area contributed by atoms with Gasteiger partial charge < -0.3 is 29.2 Å². The van der Waals surface area contributed by atoms with Crippen molar-refractivity contribution in [3.05, 3.63) is 48.0 Å². The smallest absolute Gasteiger partial charge is 0.267 e. The van der Waals surface area contributed by atoms with E-state index in [1.807, 2.05) is 41.3 Å². The fourth-order valence-electron chi connectivity index (χ4n) is 3.98. The number of hydrogen-bond acceptors (Lipinski definition) is 7. The first-order valence-electron chi connectivity index (χ1n) is 10.7. The fourth-order valence-corrected chi connectivity index (χ4v) is 3.98. The minimum Gasteiger partial charge on any atom is -0.485 e. The topological polar surface area (TPSA) is 89.6 Å². The summed E-state index contributed by atoms with van der Waals surface area (Å²) in [5, 5.41) is 2.94. The van der Waals surface area contributed by atoms with Gasteiger partial charge in [-0.1, -0.05) is 18.2 Å². The van der Waals surface area contributed by atoms with Crippen molar-refractivity contribution in [1.82, 2.24) is 15.1 Å². The fraction of sp³-hybridized carbons (Fsp3) is 0.391. The van der Waals surface area contributed by atoms with Crippen molar-refractivity contribution in [2.45, 2.75) is 12.6 Å². The summed E-state index contributed by atoms with van der Waals surface area (Å²) in [6.45, 7) is 3.52. The molecule has 9 nitrogen and oxygen atoms in total. The quantitative estimate of drug-likeness (QED) is 0.744. The van der Waals surface area contributed by atoms with Gasteiger partial charge in [-0.15, -0.1) is 0 Å². The summed E-state index contributed by atoms with van der Waals surface area (Å²) in [6, 6.07) is 13.0. The van der Waals surface area contributed by atoms with Crippen LogP contribution >= 0.6 is 0 Å². The van der Waals surface area contributed by atoms with Crippen LogP contribution in [0, 0.1) is 0 Å². The number of ether oxygens (including phenoxy) is 4. The molecule has 2 amide bonds. The monoisotopic (exact) mass is 439 g/mol. The van der Waals surface area contributed by atoms with Crippen LogP contribution in [0.2, 0.25) is 0 Å². The van der Waals surface area contributed by atoms with E-state index < -0.39 is 6.10 Å². The summed E-state index contributed by atoms with van der Waals surface area (Å²) >= 11 is 0. The molecule has 5 rings (SSSR count). The molecule has 1 atom stereocenters. The van der Waals surface area contributed by atoms with Gasteiger partial charge in [-0.2, -0.15) is 0 Å². The number of carbonyl (C=O) groups is 2. The number of benzene rings is 2. The summed E-state index contributed by atoms with van der Waals surface area (Å²) in [7, 11) is 0. The molecule has 0 aromatic heterocycles. The number of piperazine rings is 1. The van der Waals surface area contributed by atoms with Gasteiger partial charge >= 0.3 is 0 Å². The van der Waals surface area contributed by atoms with Crippen LogP contribution in [-0.4, -0.2) is 73.8 Å². The average Bonchev–Trinajstić information content (AvgIpc) is 3.30. The molecule has 3 aliphatic heterocycles. The molecule has 0 aliphatic carbocycles. The van der Waals surface area contributed by atoms with Crippen molar-refractivity contribution in [1.29, 1.82) is 0 Å². The number of amides is 2. The summed E-state index contributed by atoms with van der Waals surface area (Å²) in [6.07, 6.45) is -0.638. The lowest BCUT2D eigenvalue weighted by Gasteiger charge is -2.36. The normalized spacial score (nSPS) is 19.5. The van der Waals surface area contributed by atoms with Crippen LogP contribution in [0.25, 0.3) is 0 Å². The average molecular weight is 439 g/mol. The molecular weight excluding hydrogens is 414 g/mol. The minimum atomic E-state index is -0.638. The van der Waals surface area contributed by atoms with Gasteiger partial charge in [0.15, 0.2) is 23.0 Å². The molecule has 1 fully saturated rings. The highest BCUT2D eigenvalue weighted by atomic mass is 16.7. The van der Waals surface area contributed by atoms with Gasteiger partial charge in [0.25, 0.3) is 5.91 Å². The first-order chi connectivity index (χ1) is 15.7. The highest BCUT2D eigenvalue weighted by molar-refractivity contribution is 5.82. The molecule has 0 spiro atoms. The summed E-state index contributed by atoms with van der Waals surface area (Å²) in [5.74, 6) is 2.55. The Morgan fingerprint density at radius 3 is 2.50 bits per heavy atom. The van der Waals surface area contributed by atoms with Crippen molar-refractivity contribution in [3.63, 3.8) is 0 Å². The molecule has 0 bridgehead atoms. The lowest BCUT2D eigenvalue weighted by molar-refractivity contribution is -0.143. The van der Waals surface area contributed by atoms with Crippen LogP contribution in [0.3, 0.4) is 0 Å².